The number of rotatable bonds is 5. The number of carbonyl (C=O) groups is 1. The largest absolute Gasteiger partial charge is 0.350 e. The Morgan fingerprint density at radius 2 is 1.81 bits per heavy atom. The monoisotopic (exact) mass is 359 g/mol. The number of amides is 1. The number of nitrogens with one attached hydrogen (secondary N) is 1. The lowest BCUT2D eigenvalue weighted by Gasteiger charge is -2.08. The number of fused-ring (bicyclic) bond motifs is 1. The van der Waals surface area contributed by atoms with Crippen LogP contribution in [0.25, 0.3) is 16.5 Å². The average molecular weight is 359 g/mol. The molecule has 0 bridgehead atoms. The molecule has 1 amide bonds. The highest BCUT2D eigenvalue weighted by Crippen LogP contribution is 2.09. The molecule has 7 nitrogen and oxygen atoms in total. The Bertz CT molecular complexity index is 1130. The topological polar surface area (TPSA) is 81.8 Å². The molecule has 0 aliphatic heterocycles. The summed E-state index contributed by atoms with van der Waals surface area (Å²) < 4.78 is 2.94. The quantitative estimate of drug-likeness (QED) is 0.590. The normalized spacial score (nSPS) is 10.8. The zero-order valence-electron chi connectivity index (χ0n) is 14.4. The van der Waals surface area contributed by atoms with Crippen molar-refractivity contribution in [1.82, 2.24) is 24.9 Å². The molecule has 1 N–H and O–H groups in total. The van der Waals surface area contributed by atoms with E-state index in [4.69, 9.17) is 0 Å². The summed E-state index contributed by atoms with van der Waals surface area (Å²) in [4.78, 5) is 24.6. The number of hydrogen-bond acceptors (Lipinski definition) is 4. The SMILES string of the molecule is O=C(Cn1ncc2ccccc2c1=O)NCc1ccc(-n2cccn2)cc1. The Labute approximate surface area is 154 Å². The van der Waals surface area contributed by atoms with Gasteiger partial charge in [-0.3, -0.25) is 9.59 Å². The molecule has 2 aromatic heterocycles. The average Bonchev–Trinajstić information content (AvgIpc) is 3.24. The van der Waals surface area contributed by atoms with Crippen LogP contribution < -0.4 is 10.9 Å². The van der Waals surface area contributed by atoms with Gasteiger partial charge < -0.3 is 5.32 Å². The van der Waals surface area contributed by atoms with Gasteiger partial charge in [0.05, 0.1) is 17.3 Å². The van der Waals surface area contributed by atoms with Gasteiger partial charge in [-0.25, -0.2) is 9.36 Å². The number of nitrogens with zero attached hydrogens (tertiary/aromatic N) is 4. The zero-order chi connectivity index (χ0) is 18.6. The third-order valence-electron chi connectivity index (χ3n) is 4.25. The van der Waals surface area contributed by atoms with Gasteiger partial charge in [-0.05, 0) is 29.8 Å². The number of benzene rings is 2. The van der Waals surface area contributed by atoms with Crippen LogP contribution >= 0.6 is 0 Å². The van der Waals surface area contributed by atoms with Crippen LogP contribution in [0.2, 0.25) is 0 Å². The van der Waals surface area contributed by atoms with E-state index in [0.29, 0.717) is 11.9 Å². The molecule has 27 heavy (non-hydrogen) atoms. The van der Waals surface area contributed by atoms with Crippen LogP contribution in [0.4, 0.5) is 0 Å². The van der Waals surface area contributed by atoms with Crippen LogP contribution in [0, 0.1) is 0 Å². The summed E-state index contributed by atoms with van der Waals surface area (Å²) in [6, 6.07) is 16.8. The molecule has 0 aliphatic rings. The predicted molar refractivity (Wildman–Crippen MR) is 101 cm³/mol. The third-order valence-corrected chi connectivity index (χ3v) is 4.25. The first-order valence-electron chi connectivity index (χ1n) is 8.51. The van der Waals surface area contributed by atoms with Crippen LogP contribution in [0.5, 0.6) is 0 Å². The number of carbonyl (C=O) groups excluding carboxylic acids is 1. The van der Waals surface area contributed by atoms with E-state index in [1.807, 2.05) is 48.7 Å². The van der Waals surface area contributed by atoms with Crippen LogP contribution in [0.3, 0.4) is 0 Å². The first-order valence-corrected chi connectivity index (χ1v) is 8.51. The molecule has 2 aromatic carbocycles. The first-order chi connectivity index (χ1) is 13.2. The molecule has 4 rings (SSSR count). The van der Waals surface area contributed by atoms with Crippen molar-refractivity contribution in [1.29, 1.82) is 0 Å². The van der Waals surface area contributed by atoms with Gasteiger partial charge in [-0.15, -0.1) is 0 Å². The second kappa shape index (κ2) is 7.25. The summed E-state index contributed by atoms with van der Waals surface area (Å²) >= 11 is 0. The predicted octanol–water partition coefficient (Wildman–Crippen LogP) is 1.90. The molecule has 4 aromatic rings. The highest BCUT2D eigenvalue weighted by molar-refractivity contribution is 5.81. The maximum Gasteiger partial charge on any atom is 0.275 e. The van der Waals surface area contributed by atoms with Gasteiger partial charge in [-0.1, -0.05) is 30.3 Å². The van der Waals surface area contributed by atoms with Crippen molar-refractivity contribution in [3.8, 4) is 5.69 Å². The summed E-state index contributed by atoms with van der Waals surface area (Å²) in [5, 5.41) is 12.4. The molecule has 0 atom stereocenters. The Balaban J connectivity index is 1.40. The third kappa shape index (κ3) is 3.62. The van der Waals surface area contributed by atoms with Crippen molar-refractivity contribution >= 4 is 16.7 Å². The van der Waals surface area contributed by atoms with Gasteiger partial charge in [0, 0.05) is 24.3 Å². The molecule has 0 aliphatic carbocycles. The Morgan fingerprint density at radius 1 is 1.00 bits per heavy atom. The minimum absolute atomic E-state index is 0.116. The molecular weight excluding hydrogens is 342 g/mol. The van der Waals surface area contributed by atoms with Crippen LogP contribution in [-0.2, 0) is 17.9 Å². The lowest BCUT2D eigenvalue weighted by molar-refractivity contribution is -0.122. The van der Waals surface area contributed by atoms with E-state index in [1.54, 1.807) is 29.2 Å². The Morgan fingerprint density at radius 3 is 2.59 bits per heavy atom. The maximum atomic E-state index is 12.4. The van der Waals surface area contributed by atoms with Gasteiger partial charge in [0.15, 0.2) is 0 Å². The van der Waals surface area contributed by atoms with Gasteiger partial charge in [0.2, 0.25) is 5.91 Å². The van der Waals surface area contributed by atoms with E-state index >= 15 is 0 Å². The van der Waals surface area contributed by atoms with Crippen LogP contribution in [-0.4, -0.2) is 25.5 Å². The molecule has 0 spiro atoms. The minimum Gasteiger partial charge on any atom is -0.350 e. The Hall–Kier alpha value is -3.74. The van der Waals surface area contributed by atoms with E-state index in [0.717, 1.165) is 16.6 Å². The second-order valence-electron chi connectivity index (χ2n) is 6.09. The number of aromatic nitrogens is 4. The highest BCUT2D eigenvalue weighted by Gasteiger charge is 2.08. The van der Waals surface area contributed by atoms with Gasteiger partial charge in [-0.2, -0.15) is 10.2 Å². The first kappa shape index (κ1) is 16.7. The number of hydrogen-bond donors (Lipinski definition) is 1. The van der Waals surface area contributed by atoms with E-state index in [1.165, 1.54) is 4.68 Å². The van der Waals surface area contributed by atoms with Crippen molar-refractivity contribution in [3.05, 3.63) is 89.1 Å². The fourth-order valence-electron chi connectivity index (χ4n) is 2.82. The smallest absolute Gasteiger partial charge is 0.275 e. The van der Waals surface area contributed by atoms with Gasteiger partial charge in [0.1, 0.15) is 6.54 Å². The Kier molecular flexibility index (Phi) is 4.49. The summed E-state index contributed by atoms with van der Waals surface area (Å²) in [5.74, 6) is -0.268. The summed E-state index contributed by atoms with van der Waals surface area (Å²) in [5.41, 5.74) is 1.63. The van der Waals surface area contributed by atoms with Crippen molar-refractivity contribution in [2.24, 2.45) is 0 Å². The molecule has 0 saturated carbocycles. The van der Waals surface area contributed by atoms with Crippen molar-refractivity contribution < 1.29 is 4.79 Å². The molecular formula is C20H17N5O2. The van der Waals surface area contributed by atoms with Crippen molar-refractivity contribution in [3.63, 3.8) is 0 Å². The molecule has 2 heterocycles. The molecule has 0 radical (unpaired) electrons. The summed E-state index contributed by atoms with van der Waals surface area (Å²) in [6.45, 7) is 0.260. The van der Waals surface area contributed by atoms with Crippen molar-refractivity contribution in [2.75, 3.05) is 0 Å². The van der Waals surface area contributed by atoms with Crippen LogP contribution in [0.15, 0.2) is 78.0 Å². The molecule has 0 fully saturated rings. The second-order valence-corrected chi connectivity index (χ2v) is 6.09. The van der Waals surface area contributed by atoms with E-state index in [-0.39, 0.29) is 18.0 Å². The zero-order valence-corrected chi connectivity index (χ0v) is 14.4. The minimum atomic E-state index is -0.271. The van der Waals surface area contributed by atoms with E-state index in [2.05, 4.69) is 15.5 Å². The van der Waals surface area contributed by atoms with E-state index < -0.39 is 0 Å². The lowest BCUT2D eigenvalue weighted by Crippen LogP contribution is -2.33. The highest BCUT2D eigenvalue weighted by atomic mass is 16.2. The fourth-order valence-corrected chi connectivity index (χ4v) is 2.82. The molecule has 134 valence electrons. The maximum absolute atomic E-state index is 12.4. The van der Waals surface area contributed by atoms with Crippen molar-refractivity contribution in [2.45, 2.75) is 13.1 Å². The fraction of sp³-hybridized carbons (Fsp3) is 0.100. The van der Waals surface area contributed by atoms with Gasteiger partial charge in [0.25, 0.3) is 5.56 Å². The van der Waals surface area contributed by atoms with Crippen LogP contribution in [0.1, 0.15) is 5.56 Å². The van der Waals surface area contributed by atoms with Gasteiger partial charge >= 0.3 is 0 Å². The molecule has 0 unspecified atom stereocenters. The standard InChI is InChI=1S/C20H17N5O2/c26-19(14-25-20(27)18-5-2-1-4-16(18)13-23-25)21-12-15-6-8-17(9-7-15)24-11-3-10-22-24/h1-11,13H,12,14H2,(H,21,26). The molecule has 0 saturated heterocycles. The molecule has 7 heteroatoms. The summed E-state index contributed by atoms with van der Waals surface area (Å²) in [6.07, 6.45) is 5.18. The summed E-state index contributed by atoms with van der Waals surface area (Å²) in [7, 11) is 0. The van der Waals surface area contributed by atoms with E-state index in [9.17, 15) is 9.59 Å². The lowest BCUT2D eigenvalue weighted by atomic mass is 10.2.